The van der Waals surface area contributed by atoms with Gasteiger partial charge in [-0.2, -0.15) is 10.2 Å². The van der Waals surface area contributed by atoms with Crippen LogP contribution in [0.2, 0.25) is 0 Å². The molecule has 1 saturated carbocycles. The lowest BCUT2D eigenvalue weighted by Crippen LogP contribution is -2.17. The van der Waals surface area contributed by atoms with Crippen molar-refractivity contribution in [2.45, 2.75) is 24.6 Å². The highest BCUT2D eigenvalue weighted by atomic mass is 32.2. The van der Waals surface area contributed by atoms with Crippen molar-refractivity contribution in [3.8, 4) is 5.69 Å². The van der Waals surface area contributed by atoms with E-state index in [0.29, 0.717) is 11.9 Å². The van der Waals surface area contributed by atoms with Gasteiger partial charge in [0.15, 0.2) is 0 Å². The number of benzene rings is 1. The van der Waals surface area contributed by atoms with E-state index in [1.807, 2.05) is 24.4 Å². The van der Waals surface area contributed by atoms with Crippen LogP contribution in [0.3, 0.4) is 0 Å². The Bertz CT molecular complexity index is 925. The summed E-state index contributed by atoms with van der Waals surface area (Å²) in [6.07, 6.45) is 7.25. The van der Waals surface area contributed by atoms with E-state index in [9.17, 15) is 8.42 Å². The van der Waals surface area contributed by atoms with Gasteiger partial charge < -0.3 is 0 Å². The van der Waals surface area contributed by atoms with Crippen LogP contribution in [0.1, 0.15) is 24.4 Å². The molecule has 0 unspecified atom stereocenters. The van der Waals surface area contributed by atoms with Crippen LogP contribution in [0.4, 0.5) is 5.82 Å². The molecule has 7 nitrogen and oxygen atoms in total. The van der Waals surface area contributed by atoms with Gasteiger partial charge in [0.05, 0.1) is 23.7 Å². The van der Waals surface area contributed by atoms with Crippen molar-refractivity contribution in [2.24, 2.45) is 0 Å². The molecule has 1 aliphatic carbocycles. The Hall–Kier alpha value is -2.61. The first kappa shape index (κ1) is 14.9. The first-order chi connectivity index (χ1) is 11.6. The molecule has 0 radical (unpaired) electrons. The summed E-state index contributed by atoms with van der Waals surface area (Å²) in [6, 6.07) is 11.2. The zero-order valence-electron chi connectivity index (χ0n) is 12.9. The molecule has 24 heavy (non-hydrogen) atoms. The zero-order chi connectivity index (χ0) is 16.6. The predicted octanol–water partition coefficient (Wildman–Crippen LogP) is 2.35. The molecule has 8 heteroatoms. The van der Waals surface area contributed by atoms with E-state index >= 15 is 0 Å². The zero-order valence-corrected chi connectivity index (χ0v) is 13.7. The van der Waals surface area contributed by atoms with Crippen LogP contribution in [0.25, 0.3) is 5.69 Å². The first-order valence-electron chi connectivity index (χ1n) is 7.74. The molecule has 1 aromatic carbocycles. The molecule has 1 aliphatic rings. The third-order valence-electron chi connectivity index (χ3n) is 3.89. The Labute approximate surface area is 140 Å². The summed E-state index contributed by atoms with van der Waals surface area (Å²) in [5.41, 5.74) is 1.61. The van der Waals surface area contributed by atoms with Crippen molar-refractivity contribution < 1.29 is 8.42 Å². The van der Waals surface area contributed by atoms with Gasteiger partial charge in [0.1, 0.15) is 5.82 Å². The van der Waals surface area contributed by atoms with E-state index in [4.69, 9.17) is 0 Å². The van der Waals surface area contributed by atoms with Crippen molar-refractivity contribution in [3.63, 3.8) is 0 Å². The third kappa shape index (κ3) is 3.18. The molecular weight excluding hydrogens is 326 g/mol. The summed E-state index contributed by atoms with van der Waals surface area (Å²) >= 11 is 0. The number of aromatic nitrogens is 4. The van der Waals surface area contributed by atoms with Gasteiger partial charge in [0.25, 0.3) is 0 Å². The van der Waals surface area contributed by atoms with Gasteiger partial charge in [0.2, 0.25) is 10.0 Å². The van der Waals surface area contributed by atoms with Gasteiger partial charge in [-0.25, -0.2) is 17.8 Å². The van der Waals surface area contributed by atoms with Crippen molar-refractivity contribution >= 4 is 15.8 Å². The summed E-state index contributed by atoms with van der Waals surface area (Å²) in [4.78, 5) is 0. The third-order valence-corrected chi connectivity index (χ3v) is 5.12. The minimum Gasteiger partial charge on any atom is -0.267 e. The van der Waals surface area contributed by atoms with E-state index in [1.165, 1.54) is 0 Å². The van der Waals surface area contributed by atoms with E-state index < -0.39 is 10.0 Å². The molecule has 1 N–H and O–H groups in total. The Balaban J connectivity index is 1.48. The predicted molar refractivity (Wildman–Crippen MR) is 90.3 cm³/mol. The van der Waals surface area contributed by atoms with Gasteiger partial charge in [-0.15, -0.1) is 0 Å². The largest absolute Gasteiger partial charge is 0.267 e. The molecule has 3 aromatic rings. The van der Waals surface area contributed by atoms with E-state index in [2.05, 4.69) is 14.9 Å². The van der Waals surface area contributed by atoms with Gasteiger partial charge in [-0.1, -0.05) is 12.1 Å². The highest BCUT2D eigenvalue weighted by Gasteiger charge is 2.27. The summed E-state index contributed by atoms with van der Waals surface area (Å²) in [5, 5.41) is 8.34. The van der Waals surface area contributed by atoms with Crippen LogP contribution >= 0.6 is 0 Å². The van der Waals surface area contributed by atoms with Crippen molar-refractivity contribution in [1.82, 2.24) is 19.6 Å². The van der Waals surface area contributed by atoms with Crippen molar-refractivity contribution in [3.05, 3.63) is 60.6 Å². The van der Waals surface area contributed by atoms with Crippen LogP contribution < -0.4 is 4.72 Å². The number of nitrogens with one attached hydrogen (secondary N) is 1. The molecule has 0 atom stereocenters. The van der Waals surface area contributed by atoms with Gasteiger partial charge in [0, 0.05) is 18.5 Å². The normalized spacial score (nSPS) is 14.7. The maximum absolute atomic E-state index is 12.4. The van der Waals surface area contributed by atoms with E-state index in [-0.39, 0.29) is 5.75 Å². The van der Waals surface area contributed by atoms with Crippen LogP contribution in [0, 0.1) is 0 Å². The maximum Gasteiger partial charge on any atom is 0.238 e. The van der Waals surface area contributed by atoms with Gasteiger partial charge in [-0.3, -0.25) is 4.72 Å². The molecule has 4 rings (SSSR count). The number of rotatable bonds is 6. The molecule has 0 saturated heterocycles. The quantitative estimate of drug-likeness (QED) is 0.745. The summed E-state index contributed by atoms with van der Waals surface area (Å²) in [6.45, 7) is 0. The lowest BCUT2D eigenvalue weighted by Gasteiger charge is -2.10. The molecule has 0 bridgehead atoms. The Kier molecular flexibility index (Phi) is 3.61. The molecule has 2 aromatic heterocycles. The van der Waals surface area contributed by atoms with Crippen LogP contribution in [-0.4, -0.2) is 28.0 Å². The SMILES string of the molecule is O=S(=O)(Cc1ccc(-n2cccn2)cc1)Nc1ccnn1C1CC1. The molecular formula is C16H17N5O2S. The van der Waals surface area contributed by atoms with E-state index in [1.54, 1.807) is 40.0 Å². The molecule has 0 aliphatic heterocycles. The number of hydrogen-bond donors (Lipinski definition) is 1. The summed E-state index contributed by atoms with van der Waals surface area (Å²) in [5.74, 6) is 0.452. The highest BCUT2D eigenvalue weighted by Crippen LogP contribution is 2.36. The molecule has 1 fully saturated rings. The van der Waals surface area contributed by atoms with Gasteiger partial charge >= 0.3 is 0 Å². The monoisotopic (exact) mass is 343 g/mol. The highest BCUT2D eigenvalue weighted by molar-refractivity contribution is 7.91. The first-order valence-corrected chi connectivity index (χ1v) is 9.39. The van der Waals surface area contributed by atoms with Crippen molar-refractivity contribution in [1.29, 1.82) is 0 Å². The van der Waals surface area contributed by atoms with Crippen LogP contribution in [-0.2, 0) is 15.8 Å². The Morgan fingerprint density at radius 1 is 1.08 bits per heavy atom. The fraction of sp³-hybridized carbons (Fsp3) is 0.250. The minimum atomic E-state index is -3.49. The van der Waals surface area contributed by atoms with Crippen LogP contribution in [0.15, 0.2) is 55.0 Å². The Morgan fingerprint density at radius 3 is 2.54 bits per heavy atom. The second kappa shape index (κ2) is 5.79. The fourth-order valence-electron chi connectivity index (χ4n) is 2.59. The maximum atomic E-state index is 12.4. The Morgan fingerprint density at radius 2 is 1.88 bits per heavy atom. The summed E-state index contributed by atoms with van der Waals surface area (Å²) < 4.78 is 30.9. The average molecular weight is 343 g/mol. The summed E-state index contributed by atoms with van der Waals surface area (Å²) in [7, 11) is -3.49. The number of nitrogens with zero attached hydrogens (tertiary/aromatic N) is 4. The second-order valence-electron chi connectivity index (χ2n) is 5.87. The topological polar surface area (TPSA) is 81.8 Å². The number of hydrogen-bond acceptors (Lipinski definition) is 4. The molecule has 124 valence electrons. The van der Waals surface area contributed by atoms with E-state index in [0.717, 1.165) is 24.1 Å². The van der Waals surface area contributed by atoms with Crippen molar-refractivity contribution in [2.75, 3.05) is 4.72 Å². The smallest absolute Gasteiger partial charge is 0.238 e. The lowest BCUT2D eigenvalue weighted by molar-refractivity contribution is 0.597. The van der Waals surface area contributed by atoms with Crippen LogP contribution in [0.5, 0.6) is 0 Å². The second-order valence-corrected chi connectivity index (χ2v) is 7.59. The molecule has 2 heterocycles. The van der Waals surface area contributed by atoms with Gasteiger partial charge in [-0.05, 0) is 36.6 Å². The number of anilines is 1. The standard InChI is InChI=1S/C16H17N5O2S/c22-24(23,19-16-8-10-18-21(16)15-6-7-15)12-13-2-4-14(5-3-13)20-11-1-9-17-20/h1-5,8-11,15,19H,6-7,12H2. The number of sulfonamides is 1. The lowest BCUT2D eigenvalue weighted by atomic mass is 10.2. The molecule has 0 spiro atoms. The minimum absolute atomic E-state index is 0.0811. The average Bonchev–Trinajstić information content (AvgIpc) is 3.06. The fourth-order valence-corrected chi connectivity index (χ4v) is 3.77. The molecule has 0 amide bonds.